The Kier molecular flexibility index (Phi) is 2.90. The van der Waals surface area contributed by atoms with E-state index in [-0.39, 0.29) is 11.9 Å². The summed E-state index contributed by atoms with van der Waals surface area (Å²) in [5, 5.41) is 10.4. The summed E-state index contributed by atoms with van der Waals surface area (Å²) in [6, 6.07) is 4.76. The van der Waals surface area contributed by atoms with Gasteiger partial charge in [-0.3, -0.25) is 0 Å². The van der Waals surface area contributed by atoms with Crippen molar-refractivity contribution < 1.29 is 4.39 Å². The summed E-state index contributed by atoms with van der Waals surface area (Å²) < 4.78 is 13.1. The molecule has 0 amide bonds. The van der Waals surface area contributed by atoms with Crippen LogP contribution in [0.2, 0.25) is 0 Å². The first-order valence-corrected chi connectivity index (χ1v) is 5.22. The molecule has 2 rings (SSSR count). The van der Waals surface area contributed by atoms with Crippen molar-refractivity contribution >= 4 is 11.9 Å². The average molecular weight is 219 g/mol. The van der Waals surface area contributed by atoms with Crippen molar-refractivity contribution in [2.24, 2.45) is 5.73 Å². The van der Waals surface area contributed by atoms with E-state index < -0.39 is 0 Å². The molecule has 4 heteroatoms. The molecule has 1 aliphatic heterocycles. The third kappa shape index (κ3) is 1.91. The van der Waals surface area contributed by atoms with Crippen molar-refractivity contribution in [1.29, 1.82) is 5.41 Å². The van der Waals surface area contributed by atoms with Gasteiger partial charge in [-0.2, -0.15) is 0 Å². The smallest absolute Gasteiger partial charge is 0.125 e. The lowest BCUT2D eigenvalue weighted by molar-refractivity contribution is 0.623. The molecule has 0 aliphatic carbocycles. The van der Waals surface area contributed by atoms with Crippen LogP contribution < -0.4 is 11.1 Å². The Hall–Kier alpha value is -1.84. The molecule has 0 radical (unpaired) electrons. The number of hydrogen-bond acceptors (Lipinski definition) is 3. The topological polar surface area (TPSA) is 61.9 Å². The SMILES string of the molecule is N=C/C(=C\N)C1CCc2ccc(F)cc2N1. The van der Waals surface area contributed by atoms with Crippen LogP contribution in [0.1, 0.15) is 12.0 Å². The third-order valence-electron chi connectivity index (χ3n) is 2.87. The number of nitrogens with two attached hydrogens (primary N) is 1. The Bertz CT molecular complexity index is 440. The van der Waals surface area contributed by atoms with Gasteiger partial charge in [-0.05, 0) is 30.5 Å². The zero-order chi connectivity index (χ0) is 11.5. The van der Waals surface area contributed by atoms with Crippen molar-refractivity contribution in [3.8, 4) is 0 Å². The fourth-order valence-corrected chi connectivity index (χ4v) is 1.98. The summed E-state index contributed by atoms with van der Waals surface area (Å²) in [7, 11) is 0. The van der Waals surface area contributed by atoms with E-state index in [1.54, 1.807) is 6.07 Å². The quantitative estimate of drug-likeness (QED) is 0.666. The summed E-state index contributed by atoms with van der Waals surface area (Å²) in [5.74, 6) is -0.250. The molecule has 1 heterocycles. The maximum Gasteiger partial charge on any atom is 0.125 e. The molecule has 0 aromatic heterocycles. The predicted molar refractivity (Wildman–Crippen MR) is 63.2 cm³/mol. The van der Waals surface area contributed by atoms with Crippen LogP contribution in [0.4, 0.5) is 10.1 Å². The molecular weight excluding hydrogens is 205 g/mol. The van der Waals surface area contributed by atoms with Crippen molar-refractivity contribution in [3.63, 3.8) is 0 Å². The molecule has 1 unspecified atom stereocenters. The van der Waals surface area contributed by atoms with E-state index in [4.69, 9.17) is 11.1 Å². The normalized spacial score (nSPS) is 19.8. The van der Waals surface area contributed by atoms with Crippen molar-refractivity contribution in [3.05, 3.63) is 41.4 Å². The molecule has 16 heavy (non-hydrogen) atoms. The molecule has 3 nitrogen and oxygen atoms in total. The zero-order valence-electron chi connectivity index (χ0n) is 8.83. The fourth-order valence-electron chi connectivity index (χ4n) is 1.98. The van der Waals surface area contributed by atoms with Gasteiger partial charge < -0.3 is 16.5 Å². The summed E-state index contributed by atoms with van der Waals surface area (Å²) in [4.78, 5) is 0. The van der Waals surface area contributed by atoms with E-state index in [0.29, 0.717) is 0 Å². The number of fused-ring (bicyclic) bond motifs is 1. The van der Waals surface area contributed by atoms with Crippen LogP contribution in [-0.2, 0) is 6.42 Å². The molecule has 1 aromatic rings. The Morgan fingerprint density at radius 3 is 3.06 bits per heavy atom. The highest BCUT2D eigenvalue weighted by Crippen LogP contribution is 2.27. The van der Waals surface area contributed by atoms with Gasteiger partial charge in [-0.1, -0.05) is 6.07 Å². The van der Waals surface area contributed by atoms with Crippen LogP contribution in [0.5, 0.6) is 0 Å². The largest absolute Gasteiger partial charge is 0.404 e. The van der Waals surface area contributed by atoms with E-state index in [2.05, 4.69) is 5.32 Å². The maximum absolute atomic E-state index is 13.1. The van der Waals surface area contributed by atoms with E-state index >= 15 is 0 Å². The Morgan fingerprint density at radius 1 is 1.56 bits per heavy atom. The van der Waals surface area contributed by atoms with E-state index in [1.165, 1.54) is 24.5 Å². The first-order chi connectivity index (χ1) is 7.74. The molecule has 84 valence electrons. The van der Waals surface area contributed by atoms with Gasteiger partial charge in [0.25, 0.3) is 0 Å². The van der Waals surface area contributed by atoms with E-state index in [1.807, 2.05) is 0 Å². The van der Waals surface area contributed by atoms with Gasteiger partial charge in [0.2, 0.25) is 0 Å². The first-order valence-electron chi connectivity index (χ1n) is 5.22. The Morgan fingerprint density at radius 2 is 2.38 bits per heavy atom. The van der Waals surface area contributed by atoms with Crippen molar-refractivity contribution in [2.75, 3.05) is 5.32 Å². The highest BCUT2D eigenvalue weighted by Gasteiger charge is 2.19. The molecule has 0 spiro atoms. The lowest BCUT2D eigenvalue weighted by Crippen LogP contribution is -2.28. The minimum Gasteiger partial charge on any atom is -0.404 e. The number of anilines is 1. The van der Waals surface area contributed by atoms with Crippen LogP contribution in [0.25, 0.3) is 0 Å². The highest BCUT2D eigenvalue weighted by molar-refractivity contribution is 5.79. The van der Waals surface area contributed by atoms with Gasteiger partial charge in [0.1, 0.15) is 5.82 Å². The Labute approximate surface area is 93.7 Å². The van der Waals surface area contributed by atoms with Gasteiger partial charge in [0.05, 0.1) is 6.04 Å². The standard InChI is InChI=1S/C12H14FN3/c13-10-3-1-8-2-4-11(9(6-14)7-15)16-12(8)5-10/h1,3,5-7,11,14,16H,2,4,15H2/b9-7+,14-6?. The number of nitrogens with one attached hydrogen (secondary N) is 2. The second kappa shape index (κ2) is 4.35. The number of hydrogen-bond donors (Lipinski definition) is 3. The average Bonchev–Trinajstić information content (AvgIpc) is 2.30. The van der Waals surface area contributed by atoms with E-state index in [9.17, 15) is 4.39 Å². The minimum absolute atomic E-state index is 0.0109. The summed E-state index contributed by atoms with van der Waals surface area (Å²) >= 11 is 0. The predicted octanol–water partition coefficient (Wildman–Crippen LogP) is 2.04. The first kappa shape index (κ1) is 10.7. The summed E-state index contributed by atoms with van der Waals surface area (Å²) in [6.45, 7) is 0. The number of rotatable bonds is 2. The van der Waals surface area contributed by atoms with Gasteiger partial charge in [-0.25, -0.2) is 4.39 Å². The number of benzene rings is 1. The lowest BCUT2D eigenvalue weighted by Gasteiger charge is -2.27. The number of halogens is 1. The van der Waals surface area contributed by atoms with Gasteiger partial charge in [-0.15, -0.1) is 0 Å². The van der Waals surface area contributed by atoms with Crippen LogP contribution in [0, 0.1) is 11.2 Å². The third-order valence-corrected chi connectivity index (χ3v) is 2.87. The van der Waals surface area contributed by atoms with Crippen LogP contribution >= 0.6 is 0 Å². The molecule has 0 saturated carbocycles. The molecule has 0 bridgehead atoms. The van der Waals surface area contributed by atoms with Crippen LogP contribution in [-0.4, -0.2) is 12.3 Å². The van der Waals surface area contributed by atoms with E-state index in [0.717, 1.165) is 29.7 Å². The molecule has 4 N–H and O–H groups in total. The van der Waals surface area contributed by atoms with Gasteiger partial charge in [0, 0.05) is 23.7 Å². The summed E-state index contributed by atoms with van der Waals surface area (Å²) in [6.07, 6.45) is 4.41. The number of aryl methyl sites for hydroxylation is 1. The van der Waals surface area contributed by atoms with Crippen LogP contribution in [0.3, 0.4) is 0 Å². The zero-order valence-corrected chi connectivity index (χ0v) is 8.83. The minimum atomic E-state index is -0.250. The van der Waals surface area contributed by atoms with Crippen molar-refractivity contribution in [1.82, 2.24) is 0 Å². The van der Waals surface area contributed by atoms with Gasteiger partial charge >= 0.3 is 0 Å². The molecule has 0 fully saturated rings. The van der Waals surface area contributed by atoms with Crippen molar-refractivity contribution in [2.45, 2.75) is 18.9 Å². The Balaban J connectivity index is 2.26. The van der Waals surface area contributed by atoms with Gasteiger partial charge in [0.15, 0.2) is 0 Å². The maximum atomic E-state index is 13.1. The molecular formula is C12H14FN3. The molecule has 1 aliphatic rings. The molecule has 1 aromatic carbocycles. The summed E-state index contributed by atoms with van der Waals surface area (Å²) in [5.41, 5.74) is 8.08. The monoisotopic (exact) mass is 219 g/mol. The highest BCUT2D eigenvalue weighted by atomic mass is 19.1. The molecule has 1 atom stereocenters. The second-order valence-corrected chi connectivity index (χ2v) is 3.85. The van der Waals surface area contributed by atoms with Crippen LogP contribution in [0.15, 0.2) is 30.0 Å². The fraction of sp³-hybridized carbons (Fsp3) is 0.250. The molecule has 0 saturated heterocycles. The second-order valence-electron chi connectivity index (χ2n) is 3.85. The lowest BCUT2D eigenvalue weighted by atomic mass is 9.94.